The third kappa shape index (κ3) is 6.32. The third-order valence-corrected chi connectivity index (χ3v) is 11.0. The smallest absolute Gasteiger partial charge is 0.164 e. The number of aromatic nitrogens is 4. The lowest BCUT2D eigenvalue weighted by atomic mass is 9.96. The molecule has 11 aromatic rings. The van der Waals surface area contributed by atoms with Crippen molar-refractivity contribution in [3.63, 3.8) is 0 Å². The minimum absolute atomic E-state index is 0.600. The Morgan fingerprint density at radius 3 is 1.24 bits per heavy atom. The van der Waals surface area contributed by atoms with Crippen LogP contribution in [0.1, 0.15) is 0 Å². The van der Waals surface area contributed by atoms with Gasteiger partial charge in [-0.15, -0.1) is 0 Å². The van der Waals surface area contributed by atoms with Crippen molar-refractivity contribution in [3.05, 3.63) is 206 Å². The summed E-state index contributed by atoms with van der Waals surface area (Å²) in [5.41, 5.74) is 13.9. The lowest BCUT2D eigenvalue weighted by molar-refractivity contribution is 0.672. The molecule has 0 amide bonds. The Kier molecular flexibility index (Phi) is 8.41. The van der Waals surface area contributed by atoms with Gasteiger partial charge >= 0.3 is 0 Å². The van der Waals surface area contributed by atoms with Crippen molar-refractivity contribution in [2.24, 2.45) is 0 Å². The number of para-hydroxylation sites is 1. The summed E-state index contributed by atoms with van der Waals surface area (Å²) < 4.78 is 6.69. The molecule has 5 nitrogen and oxygen atoms in total. The Bertz CT molecular complexity index is 3170. The molecule has 0 N–H and O–H groups in total. The molecule has 0 fully saturated rings. The highest BCUT2D eigenvalue weighted by Crippen LogP contribution is 2.43. The van der Waals surface area contributed by atoms with Gasteiger partial charge in [0.1, 0.15) is 11.2 Å². The first-order chi connectivity index (χ1) is 29.2. The standard InChI is InChI=1S/C54H34N4O/c1-4-13-35(14-5-1)37-23-29-41(30-24-37)52-56-53(42-31-25-38(26-32-42)36-15-6-2-7-16-36)58-54(57-52)43-33-27-39(28-34-43)44-20-12-21-46-48(44)51-49(45-19-10-11-22-47(45)59-51)50(55-46)40-17-8-3-9-18-40/h1-34H. The van der Waals surface area contributed by atoms with Crippen LogP contribution in [0.5, 0.6) is 0 Å². The number of nitrogens with zero attached hydrogens (tertiary/aromatic N) is 4. The largest absolute Gasteiger partial charge is 0.455 e. The van der Waals surface area contributed by atoms with Gasteiger partial charge in [0.25, 0.3) is 0 Å². The SMILES string of the molecule is c1ccc(-c2ccc(-c3nc(-c4ccc(-c5ccccc5)cc4)nc(-c4ccc(-c5cccc6nc(-c7ccccc7)c7c8ccccc8oc7c56)cc4)n3)cc2)cc1. The molecule has 0 bridgehead atoms. The van der Waals surface area contributed by atoms with E-state index in [-0.39, 0.29) is 0 Å². The highest BCUT2D eigenvalue weighted by Gasteiger charge is 2.20. The number of benzene rings is 8. The van der Waals surface area contributed by atoms with Crippen molar-refractivity contribution in [1.82, 2.24) is 19.9 Å². The molecule has 0 atom stereocenters. The van der Waals surface area contributed by atoms with Crippen molar-refractivity contribution in [2.75, 3.05) is 0 Å². The Balaban J connectivity index is 1.02. The number of hydrogen-bond donors (Lipinski definition) is 0. The summed E-state index contributed by atoms with van der Waals surface area (Å²) in [5, 5.41) is 3.04. The zero-order valence-corrected chi connectivity index (χ0v) is 31.8. The monoisotopic (exact) mass is 754 g/mol. The van der Waals surface area contributed by atoms with Crippen LogP contribution >= 0.6 is 0 Å². The lowest BCUT2D eigenvalue weighted by Crippen LogP contribution is -2.00. The van der Waals surface area contributed by atoms with Gasteiger partial charge in [-0.3, -0.25) is 0 Å². The number of furan rings is 1. The minimum atomic E-state index is 0.600. The molecule has 0 radical (unpaired) electrons. The molecule has 0 saturated carbocycles. The molecule has 0 aliphatic rings. The Morgan fingerprint density at radius 2 is 0.712 bits per heavy atom. The summed E-state index contributed by atoms with van der Waals surface area (Å²) in [7, 11) is 0. The van der Waals surface area contributed by atoms with E-state index in [9.17, 15) is 0 Å². The van der Waals surface area contributed by atoms with Crippen molar-refractivity contribution in [1.29, 1.82) is 0 Å². The van der Waals surface area contributed by atoms with Gasteiger partial charge in [-0.2, -0.15) is 0 Å². The lowest BCUT2D eigenvalue weighted by Gasteiger charge is -2.12. The maximum absolute atomic E-state index is 6.69. The maximum atomic E-state index is 6.69. The van der Waals surface area contributed by atoms with Crippen molar-refractivity contribution in [2.45, 2.75) is 0 Å². The van der Waals surface area contributed by atoms with Crippen LogP contribution in [0.2, 0.25) is 0 Å². The van der Waals surface area contributed by atoms with E-state index in [0.29, 0.717) is 17.5 Å². The fourth-order valence-corrected chi connectivity index (χ4v) is 8.00. The first kappa shape index (κ1) is 34.2. The topological polar surface area (TPSA) is 64.7 Å². The summed E-state index contributed by atoms with van der Waals surface area (Å²) in [4.78, 5) is 20.5. The van der Waals surface area contributed by atoms with Crippen LogP contribution in [0.3, 0.4) is 0 Å². The van der Waals surface area contributed by atoms with Crippen LogP contribution in [0.25, 0.3) is 112 Å². The van der Waals surface area contributed by atoms with Crippen molar-refractivity contribution in [3.8, 4) is 78.8 Å². The van der Waals surface area contributed by atoms with Gasteiger partial charge in [-0.25, -0.2) is 19.9 Å². The van der Waals surface area contributed by atoms with Crippen LogP contribution in [0.15, 0.2) is 211 Å². The summed E-state index contributed by atoms with van der Waals surface area (Å²) in [5.74, 6) is 1.83. The molecular weight excluding hydrogens is 721 g/mol. The fourth-order valence-electron chi connectivity index (χ4n) is 8.00. The third-order valence-electron chi connectivity index (χ3n) is 11.0. The van der Waals surface area contributed by atoms with E-state index in [1.165, 1.54) is 0 Å². The van der Waals surface area contributed by atoms with Gasteiger partial charge in [0.05, 0.1) is 22.0 Å². The molecule has 3 heterocycles. The predicted molar refractivity (Wildman–Crippen MR) is 240 cm³/mol. The number of fused-ring (bicyclic) bond motifs is 5. The van der Waals surface area contributed by atoms with Crippen molar-refractivity contribution < 1.29 is 4.42 Å². The molecule has 8 aromatic carbocycles. The number of rotatable bonds is 7. The molecular formula is C54H34N4O. The molecule has 0 saturated heterocycles. The summed E-state index contributed by atoms with van der Waals surface area (Å²) in [6, 6.07) is 70.9. The van der Waals surface area contributed by atoms with Crippen LogP contribution in [-0.2, 0) is 0 Å². The molecule has 0 unspecified atom stereocenters. The zero-order valence-electron chi connectivity index (χ0n) is 31.8. The van der Waals surface area contributed by atoms with E-state index in [0.717, 1.165) is 94.2 Å². The van der Waals surface area contributed by atoms with Crippen LogP contribution < -0.4 is 0 Å². The highest BCUT2D eigenvalue weighted by molar-refractivity contribution is 6.22. The van der Waals surface area contributed by atoms with E-state index in [1.807, 2.05) is 30.3 Å². The quantitative estimate of drug-likeness (QED) is 0.162. The number of pyridine rings is 1. The van der Waals surface area contributed by atoms with Gasteiger partial charge in [0.15, 0.2) is 17.5 Å². The van der Waals surface area contributed by atoms with E-state index in [4.69, 9.17) is 24.4 Å². The highest BCUT2D eigenvalue weighted by atomic mass is 16.3. The molecule has 5 heteroatoms. The number of hydrogen-bond acceptors (Lipinski definition) is 5. The minimum Gasteiger partial charge on any atom is -0.455 e. The van der Waals surface area contributed by atoms with E-state index in [2.05, 4.69) is 176 Å². The molecule has 3 aromatic heterocycles. The molecule has 0 spiro atoms. The summed E-state index contributed by atoms with van der Waals surface area (Å²) in [6.07, 6.45) is 0. The van der Waals surface area contributed by atoms with Gasteiger partial charge in [0, 0.05) is 27.6 Å². The average Bonchev–Trinajstić information content (AvgIpc) is 3.72. The second kappa shape index (κ2) is 14.5. The predicted octanol–water partition coefficient (Wildman–Crippen LogP) is 14.0. The second-order valence-corrected chi connectivity index (χ2v) is 14.6. The van der Waals surface area contributed by atoms with Gasteiger partial charge < -0.3 is 4.42 Å². The van der Waals surface area contributed by atoms with Gasteiger partial charge in [-0.1, -0.05) is 194 Å². The van der Waals surface area contributed by atoms with Gasteiger partial charge in [-0.05, 0) is 45.5 Å². The second-order valence-electron chi connectivity index (χ2n) is 14.6. The first-order valence-electron chi connectivity index (χ1n) is 19.7. The molecule has 0 aliphatic carbocycles. The fraction of sp³-hybridized carbons (Fsp3) is 0. The molecule has 0 aliphatic heterocycles. The summed E-state index contributed by atoms with van der Waals surface area (Å²) >= 11 is 0. The first-order valence-corrected chi connectivity index (χ1v) is 19.7. The molecule has 11 rings (SSSR count). The Morgan fingerprint density at radius 1 is 0.288 bits per heavy atom. The summed E-state index contributed by atoms with van der Waals surface area (Å²) in [6.45, 7) is 0. The Labute approximate surface area is 341 Å². The maximum Gasteiger partial charge on any atom is 0.164 e. The Hall–Kier alpha value is -8.02. The zero-order chi connectivity index (χ0) is 39.1. The van der Waals surface area contributed by atoms with Crippen molar-refractivity contribution >= 4 is 32.8 Å². The van der Waals surface area contributed by atoms with E-state index in [1.54, 1.807) is 0 Å². The normalized spacial score (nSPS) is 11.4. The molecule has 276 valence electrons. The average molecular weight is 755 g/mol. The molecule has 59 heavy (non-hydrogen) atoms. The van der Waals surface area contributed by atoms with E-state index >= 15 is 0 Å². The van der Waals surface area contributed by atoms with Gasteiger partial charge in [0.2, 0.25) is 0 Å². The van der Waals surface area contributed by atoms with Crippen LogP contribution in [-0.4, -0.2) is 19.9 Å². The van der Waals surface area contributed by atoms with Crippen LogP contribution in [0, 0.1) is 0 Å². The van der Waals surface area contributed by atoms with E-state index < -0.39 is 0 Å². The van der Waals surface area contributed by atoms with Crippen LogP contribution in [0.4, 0.5) is 0 Å².